The Kier molecular flexibility index (Phi) is 3.45. The number of nitrogens with zero attached hydrogens (tertiary/aromatic N) is 1. The number of benzene rings is 1. The molecule has 1 aromatic carbocycles. The van der Waals surface area contributed by atoms with Crippen LogP contribution in [-0.2, 0) is 4.79 Å². The first-order valence-corrected chi connectivity index (χ1v) is 7.02. The first-order valence-electron chi connectivity index (χ1n) is 7.02. The third-order valence-corrected chi connectivity index (χ3v) is 4.13. The van der Waals surface area contributed by atoms with Crippen LogP contribution in [0.3, 0.4) is 0 Å². The van der Waals surface area contributed by atoms with Gasteiger partial charge in [-0.25, -0.2) is 0 Å². The molecule has 1 aromatic rings. The van der Waals surface area contributed by atoms with Gasteiger partial charge in [0.1, 0.15) is 13.2 Å². The molecule has 2 heterocycles. The molecule has 0 aromatic heterocycles. The van der Waals surface area contributed by atoms with Gasteiger partial charge in [0.25, 0.3) is 5.91 Å². The van der Waals surface area contributed by atoms with Crippen molar-refractivity contribution >= 4 is 11.9 Å². The first kappa shape index (κ1) is 13.7. The van der Waals surface area contributed by atoms with Crippen LogP contribution in [0.5, 0.6) is 11.5 Å². The van der Waals surface area contributed by atoms with E-state index in [4.69, 9.17) is 14.6 Å². The van der Waals surface area contributed by atoms with Gasteiger partial charge in [0, 0.05) is 12.6 Å². The average Bonchev–Trinajstić information content (AvgIpc) is 2.88. The maximum atomic E-state index is 12.7. The maximum absolute atomic E-state index is 12.7. The number of rotatable bonds is 2. The fraction of sp³-hybridized carbons (Fsp3) is 0.467. The number of para-hydroxylation sites is 1. The fourth-order valence-corrected chi connectivity index (χ4v) is 2.95. The number of amides is 1. The molecular weight excluding hydrogens is 274 g/mol. The smallest absolute Gasteiger partial charge is 0.308 e. The van der Waals surface area contributed by atoms with E-state index in [9.17, 15) is 9.59 Å². The number of carbonyl (C=O) groups is 2. The standard InChI is InChI=1S/C15H17NO5/c1-9-10(15(18)19)5-6-16(9)14(17)11-3-2-4-12-13(11)21-8-7-20-12/h2-4,9-10H,5-8H2,1H3,(H,18,19). The zero-order chi connectivity index (χ0) is 15.0. The van der Waals surface area contributed by atoms with Crippen LogP contribution in [0.15, 0.2) is 18.2 Å². The van der Waals surface area contributed by atoms with Crippen LogP contribution in [-0.4, -0.2) is 47.7 Å². The topological polar surface area (TPSA) is 76.1 Å². The van der Waals surface area contributed by atoms with E-state index >= 15 is 0 Å². The molecule has 6 heteroatoms. The van der Waals surface area contributed by atoms with Crippen LogP contribution in [0, 0.1) is 5.92 Å². The Labute approximate surface area is 122 Å². The fourth-order valence-electron chi connectivity index (χ4n) is 2.95. The zero-order valence-electron chi connectivity index (χ0n) is 11.7. The Bertz CT molecular complexity index is 585. The molecule has 2 unspecified atom stereocenters. The summed E-state index contributed by atoms with van der Waals surface area (Å²) in [4.78, 5) is 25.5. The van der Waals surface area contributed by atoms with Crippen LogP contribution in [0.2, 0.25) is 0 Å². The lowest BCUT2D eigenvalue weighted by molar-refractivity contribution is -0.142. The Morgan fingerprint density at radius 3 is 2.76 bits per heavy atom. The molecule has 2 aliphatic heterocycles. The monoisotopic (exact) mass is 291 g/mol. The minimum Gasteiger partial charge on any atom is -0.486 e. The van der Waals surface area contributed by atoms with Crippen molar-refractivity contribution in [1.82, 2.24) is 4.90 Å². The van der Waals surface area contributed by atoms with Gasteiger partial charge >= 0.3 is 5.97 Å². The molecule has 0 saturated carbocycles. The van der Waals surface area contributed by atoms with Crippen molar-refractivity contribution in [2.45, 2.75) is 19.4 Å². The van der Waals surface area contributed by atoms with E-state index in [0.717, 1.165) is 0 Å². The summed E-state index contributed by atoms with van der Waals surface area (Å²) < 4.78 is 11.0. The molecule has 0 aliphatic carbocycles. The van der Waals surface area contributed by atoms with Crippen molar-refractivity contribution in [3.8, 4) is 11.5 Å². The molecule has 1 saturated heterocycles. The molecule has 1 amide bonds. The third kappa shape index (κ3) is 2.30. The molecular formula is C15H17NO5. The maximum Gasteiger partial charge on any atom is 0.308 e. The molecule has 0 bridgehead atoms. The molecule has 2 atom stereocenters. The van der Waals surface area contributed by atoms with Crippen molar-refractivity contribution in [3.05, 3.63) is 23.8 Å². The number of carboxylic acids is 1. The Balaban J connectivity index is 1.88. The van der Waals surface area contributed by atoms with Gasteiger partial charge in [-0.15, -0.1) is 0 Å². The molecule has 0 radical (unpaired) electrons. The molecule has 1 N–H and O–H groups in total. The number of aliphatic carboxylic acids is 1. The predicted octanol–water partition coefficient (Wildman–Crippen LogP) is 1.39. The summed E-state index contributed by atoms with van der Waals surface area (Å²) >= 11 is 0. The van der Waals surface area contributed by atoms with E-state index in [-0.39, 0.29) is 11.9 Å². The van der Waals surface area contributed by atoms with Gasteiger partial charge in [-0.2, -0.15) is 0 Å². The molecule has 112 valence electrons. The van der Waals surface area contributed by atoms with Crippen molar-refractivity contribution in [1.29, 1.82) is 0 Å². The van der Waals surface area contributed by atoms with Crippen LogP contribution < -0.4 is 9.47 Å². The molecule has 2 aliphatic rings. The number of fused-ring (bicyclic) bond motifs is 1. The van der Waals surface area contributed by atoms with E-state index in [1.54, 1.807) is 30.0 Å². The molecule has 6 nitrogen and oxygen atoms in total. The molecule has 21 heavy (non-hydrogen) atoms. The lowest BCUT2D eigenvalue weighted by Crippen LogP contribution is -2.38. The highest BCUT2D eigenvalue weighted by Crippen LogP contribution is 2.36. The number of hydrogen-bond acceptors (Lipinski definition) is 4. The van der Waals surface area contributed by atoms with Gasteiger partial charge in [0.05, 0.1) is 11.5 Å². The highest BCUT2D eigenvalue weighted by atomic mass is 16.6. The Morgan fingerprint density at radius 1 is 1.29 bits per heavy atom. The second-order valence-electron chi connectivity index (χ2n) is 5.30. The normalized spacial score (nSPS) is 24.0. The molecule has 3 rings (SSSR count). The van der Waals surface area contributed by atoms with Gasteiger partial charge in [0.15, 0.2) is 11.5 Å². The van der Waals surface area contributed by atoms with E-state index in [1.165, 1.54) is 0 Å². The van der Waals surface area contributed by atoms with Gasteiger partial charge in [-0.1, -0.05) is 6.07 Å². The van der Waals surface area contributed by atoms with Crippen LogP contribution in [0.25, 0.3) is 0 Å². The number of hydrogen-bond donors (Lipinski definition) is 1. The summed E-state index contributed by atoms with van der Waals surface area (Å²) in [6, 6.07) is 4.88. The third-order valence-electron chi connectivity index (χ3n) is 4.13. The molecule has 0 spiro atoms. The largest absolute Gasteiger partial charge is 0.486 e. The highest BCUT2D eigenvalue weighted by Gasteiger charge is 2.39. The SMILES string of the molecule is CC1C(C(=O)O)CCN1C(=O)c1cccc2c1OCCO2. The van der Waals surface area contributed by atoms with E-state index in [0.29, 0.717) is 43.2 Å². The van der Waals surface area contributed by atoms with Crippen molar-refractivity contribution in [2.24, 2.45) is 5.92 Å². The van der Waals surface area contributed by atoms with Gasteiger partial charge in [-0.05, 0) is 25.5 Å². The molecule has 1 fully saturated rings. The lowest BCUT2D eigenvalue weighted by Gasteiger charge is -2.26. The van der Waals surface area contributed by atoms with E-state index < -0.39 is 11.9 Å². The minimum atomic E-state index is -0.854. The summed E-state index contributed by atoms with van der Waals surface area (Å²) in [7, 11) is 0. The summed E-state index contributed by atoms with van der Waals surface area (Å²) in [5, 5.41) is 9.16. The zero-order valence-corrected chi connectivity index (χ0v) is 11.7. The summed E-state index contributed by atoms with van der Waals surface area (Å²) in [6.07, 6.45) is 0.481. The van der Waals surface area contributed by atoms with Crippen LogP contribution in [0.1, 0.15) is 23.7 Å². The number of likely N-dealkylation sites (tertiary alicyclic amines) is 1. The van der Waals surface area contributed by atoms with Crippen molar-refractivity contribution in [3.63, 3.8) is 0 Å². The summed E-state index contributed by atoms with van der Waals surface area (Å²) in [5.74, 6) is -0.541. The average molecular weight is 291 g/mol. The number of carboxylic acid groups (broad SMARTS) is 1. The summed E-state index contributed by atoms with van der Waals surface area (Å²) in [5.41, 5.74) is 0.435. The number of carbonyl (C=O) groups excluding carboxylic acids is 1. The minimum absolute atomic E-state index is 0.200. The van der Waals surface area contributed by atoms with Crippen LogP contribution >= 0.6 is 0 Å². The van der Waals surface area contributed by atoms with E-state index in [2.05, 4.69) is 0 Å². The first-order chi connectivity index (χ1) is 10.1. The quantitative estimate of drug-likeness (QED) is 0.891. The summed E-state index contributed by atoms with van der Waals surface area (Å²) in [6.45, 7) is 3.09. The van der Waals surface area contributed by atoms with Gasteiger partial charge in [-0.3, -0.25) is 9.59 Å². The number of ether oxygens (including phenoxy) is 2. The lowest BCUT2D eigenvalue weighted by atomic mass is 10.0. The highest BCUT2D eigenvalue weighted by molar-refractivity contribution is 5.98. The van der Waals surface area contributed by atoms with Gasteiger partial charge in [0.2, 0.25) is 0 Å². The Hall–Kier alpha value is -2.24. The Morgan fingerprint density at radius 2 is 2.05 bits per heavy atom. The van der Waals surface area contributed by atoms with Gasteiger partial charge < -0.3 is 19.5 Å². The second-order valence-corrected chi connectivity index (χ2v) is 5.30. The van der Waals surface area contributed by atoms with Crippen molar-refractivity contribution < 1.29 is 24.2 Å². The van der Waals surface area contributed by atoms with E-state index in [1.807, 2.05) is 0 Å². The van der Waals surface area contributed by atoms with Crippen LogP contribution in [0.4, 0.5) is 0 Å². The second kappa shape index (κ2) is 5.27. The van der Waals surface area contributed by atoms with Crippen molar-refractivity contribution in [2.75, 3.05) is 19.8 Å². The predicted molar refractivity (Wildman–Crippen MR) is 73.7 cm³/mol.